The third-order valence-electron chi connectivity index (χ3n) is 5.59. The van der Waals surface area contributed by atoms with Crippen molar-refractivity contribution in [1.82, 2.24) is 4.90 Å². The summed E-state index contributed by atoms with van der Waals surface area (Å²) in [7, 11) is 0. The van der Waals surface area contributed by atoms with Crippen molar-refractivity contribution in [2.24, 2.45) is 16.6 Å². The number of β-amino-alcohol motifs (C(OH)–C–C–N with tert-alkyl or cyclic N) is 1. The van der Waals surface area contributed by atoms with E-state index in [1.165, 1.54) is 0 Å². The van der Waals surface area contributed by atoms with Gasteiger partial charge in [-0.15, -0.1) is 0 Å². The van der Waals surface area contributed by atoms with Gasteiger partial charge in [0.2, 0.25) is 0 Å². The lowest BCUT2D eigenvalue weighted by Gasteiger charge is -2.58. The molecule has 2 aliphatic rings. The molecule has 3 N–H and O–H groups in total. The Labute approximate surface area is 153 Å². The monoisotopic (exact) mass is 354 g/mol. The van der Waals surface area contributed by atoms with Gasteiger partial charge in [-0.25, -0.2) is 4.79 Å². The highest BCUT2D eigenvalue weighted by Crippen LogP contribution is 2.53. The maximum atomic E-state index is 12.5. The van der Waals surface area contributed by atoms with E-state index in [1.807, 2.05) is 20.8 Å². The largest absolute Gasteiger partial charge is 0.444 e. The zero-order valence-electron chi connectivity index (χ0n) is 17.2. The van der Waals surface area contributed by atoms with E-state index in [4.69, 9.17) is 10.5 Å². The van der Waals surface area contributed by atoms with Crippen LogP contribution in [0.15, 0.2) is 0 Å². The van der Waals surface area contributed by atoms with Crippen molar-refractivity contribution in [2.75, 3.05) is 13.1 Å². The number of hydrogen-bond donors (Lipinski definition) is 2. The van der Waals surface area contributed by atoms with Crippen LogP contribution >= 0.6 is 0 Å². The molecule has 1 saturated carbocycles. The Morgan fingerprint density at radius 3 is 2.08 bits per heavy atom. The average Bonchev–Trinajstić information content (AvgIpc) is 2.32. The van der Waals surface area contributed by atoms with Gasteiger partial charge in [-0.05, 0) is 63.7 Å². The van der Waals surface area contributed by atoms with Gasteiger partial charge >= 0.3 is 6.09 Å². The van der Waals surface area contributed by atoms with Crippen LogP contribution < -0.4 is 5.73 Å². The number of ether oxygens (including phenoxy) is 1. The second-order valence-corrected chi connectivity index (χ2v) is 11.1. The molecule has 1 heterocycles. The molecule has 146 valence electrons. The summed E-state index contributed by atoms with van der Waals surface area (Å²) in [6.45, 7) is 15.4. The molecule has 0 aromatic heterocycles. The molecule has 0 aromatic carbocycles. The van der Waals surface area contributed by atoms with Crippen LogP contribution in [0.5, 0.6) is 0 Å². The quantitative estimate of drug-likeness (QED) is 0.753. The fourth-order valence-electron chi connectivity index (χ4n) is 5.44. The number of rotatable bonds is 1. The Morgan fingerprint density at radius 2 is 1.60 bits per heavy atom. The first kappa shape index (κ1) is 20.5. The molecule has 1 aliphatic carbocycles. The molecule has 5 heteroatoms. The minimum absolute atomic E-state index is 0.0699. The summed E-state index contributed by atoms with van der Waals surface area (Å²) in [6, 6.07) is 0. The lowest BCUT2D eigenvalue weighted by atomic mass is 9.53. The van der Waals surface area contributed by atoms with E-state index in [-0.39, 0.29) is 23.5 Å². The first-order chi connectivity index (χ1) is 11.1. The zero-order chi connectivity index (χ0) is 19.3. The normalized spacial score (nSPS) is 31.5. The molecule has 1 unspecified atom stereocenters. The van der Waals surface area contributed by atoms with E-state index in [2.05, 4.69) is 27.7 Å². The van der Waals surface area contributed by atoms with Crippen molar-refractivity contribution >= 4 is 6.09 Å². The minimum Gasteiger partial charge on any atom is -0.444 e. The highest BCUT2D eigenvalue weighted by molar-refractivity contribution is 5.68. The van der Waals surface area contributed by atoms with Crippen molar-refractivity contribution in [3.05, 3.63) is 0 Å². The first-order valence-corrected chi connectivity index (χ1v) is 9.56. The topological polar surface area (TPSA) is 75.8 Å². The second kappa shape index (κ2) is 6.12. The van der Waals surface area contributed by atoms with Crippen molar-refractivity contribution in [3.63, 3.8) is 0 Å². The molecule has 1 amide bonds. The van der Waals surface area contributed by atoms with Gasteiger partial charge < -0.3 is 20.5 Å². The lowest BCUT2D eigenvalue weighted by molar-refractivity contribution is -0.129. The summed E-state index contributed by atoms with van der Waals surface area (Å²) in [6.07, 6.45) is 3.64. The molecule has 0 radical (unpaired) electrons. The van der Waals surface area contributed by atoms with Gasteiger partial charge in [0, 0.05) is 12.1 Å². The smallest absolute Gasteiger partial charge is 0.410 e. The van der Waals surface area contributed by atoms with E-state index in [1.54, 1.807) is 4.90 Å². The van der Waals surface area contributed by atoms with Crippen LogP contribution in [0.3, 0.4) is 0 Å². The van der Waals surface area contributed by atoms with Crippen molar-refractivity contribution in [1.29, 1.82) is 0 Å². The SMILES string of the molecule is CC1(C)CC(C)(C)CC(N)(C2(O)CCCN(C(=O)OC(C)(C)C)C2)C1. The molecule has 5 nitrogen and oxygen atoms in total. The minimum atomic E-state index is -1.07. The fraction of sp³-hybridized carbons (Fsp3) is 0.950. The third kappa shape index (κ3) is 4.68. The number of carbonyl (C=O) groups excluding carboxylic acids is 1. The maximum Gasteiger partial charge on any atom is 0.410 e. The average molecular weight is 355 g/mol. The predicted octanol–water partition coefficient (Wildman–Crippen LogP) is 3.68. The molecule has 1 atom stereocenters. The van der Waals surface area contributed by atoms with Crippen molar-refractivity contribution in [3.8, 4) is 0 Å². The summed E-state index contributed by atoms with van der Waals surface area (Å²) in [5.74, 6) is 0. The van der Waals surface area contributed by atoms with E-state index < -0.39 is 16.7 Å². The molecule has 2 rings (SSSR count). The van der Waals surface area contributed by atoms with E-state index >= 15 is 0 Å². The number of carbonyl (C=O) groups is 1. The molecule has 2 fully saturated rings. The predicted molar refractivity (Wildman–Crippen MR) is 100 cm³/mol. The van der Waals surface area contributed by atoms with Crippen LogP contribution in [0.2, 0.25) is 0 Å². The van der Waals surface area contributed by atoms with Crippen molar-refractivity contribution in [2.45, 2.75) is 97.3 Å². The number of nitrogens with zero attached hydrogens (tertiary/aromatic N) is 1. The van der Waals surface area contributed by atoms with Gasteiger partial charge in [0.1, 0.15) is 11.2 Å². The van der Waals surface area contributed by atoms with Gasteiger partial charge in [0.05, 0.1) is 6.54 Å². The van der Waals surface area contributed by atoms with Crippen molar-refractivity contribution < 1.29 is 14.6 Å². The standard InChI is InChI=1S/C20H38N2O3/c1-16(2,3)25-15(23)22-10-8-9-20(24,14-22)19(21)12-17(4,5)11-18(6,7)13-19/h24H,8-14,21H2,1-7H3. The Morgan fingerprint density at radius 1 is 1.08 bits per heavy atom. The summed E-state index contributed by atoms with van der Waals surface area (Å²) in [5.41, 5.74) is 4.71. The molecule has 0 spiro atoms. The molecular weight excluding hydrogens is 316 g/mol. The highest BCUT2D eigenvalue weighted by Gasteiger charge is 2.57. The Kier molecular flexibility index (Phi) is 5.02. The fourth-order valence-corrected chi connectivity index (χ4v) is 5.44. The number of nitrogens with two attached hydrogens (primary N) is 1. The first-order valence-electron chi connectivity index (χ1n) is 9.56. The van der Waals surface area contributed by atoms with Gasteiger partial charge in [-0.3, -0.25) is 0 Å². The van der Waals surface area contributed by atoms with E-state index in [0.29, 0.717) is 13.0 Å². The van der Waals surface area contributed by atoms with Crippen LogP contribution in [0.25, 0.3) is 0 Å². The number of likely N-dealkylation sites (tertiary alicyclic amines) is 1. The van der Waals surface area contributed by atoms with Crippen LogP contribution in [0.4, 0.5) is 4.79 Å². The molecule has 1 aliphatic heterocycles. The highest BCUT2D eigenvalue weighted by atomic mass is 16.6. The lowest BCUT2D eigenvalue weighted by Crippen LogP contribution is -2.71. The maximum absolute atomic E-state index is 12.5. The summed E-state index contributed by atoms with van der Waals surface area (Å²) >= 11 is 0. The Balaban J connectivity index is 2.23. The van der Waals surface area contributed by atoms with Crippen LogP contribution in [0, 0.1) is 10.8 Å². The Hall–Kier alpha value is -0.810. The molecular formula is C20H38N2O3. The van der Waals surface area contributed by atoms with E-state index in [0.717, 1.165) is 25.7 Å². The summed E-state index contributed by atoms with van der Waals surface area (Å²) in [5, 5.41) is 11.6. The number of piperidine rings is 1. The number of amides is 1. The number of aliphatic hydroxyl groups is 1. The van der Waals surface area contributed by atoms with Gasteiger partial charge in [-0.2, -0.15) is 0 Å². The summed E-state index contributed by atoms with van der Waals surface area (Å²) < 4.78 is 5.51. The molecule has 0 aromatic rings. The Bertz CT molecular complexity index is 506. The van der Waals surface area contributed by atoms with Crippen LogP contribution in [0.1, 0.15) is 80.6 Å². The van der Waals surface area contributed by atoms with Gasteiger partial charge in [-0.1, -0.05) is 27.7 Å². The number of hydrogen-bond acceptors (Lipinski definition) is 4. The van der Waals surface area contributed by atoms with E-state index in [9.17, 15) is 9.90 Å². The molecule has 25 heavy (non-hydrogen) atoms. The zero-order valence-corrected chi connectivity index (χ0v) is 17.2. The summed E-state index contributed by atoms with van der Waals surface area (Å²) in [4.78, 5) is 14.1. The van der Waals surface area contributed by atoms with Gasteiger partial charge in [0.15, 0.2) is 0 Å². The molecule has 1 saturated heterocycles. The van der Waals surface area contributed by atoms with Crippen LogP contribution in [-0.2, 0) is 4.74 Å². The third-order valence-corrected chi connectivity index (χ3v) is 5.59. The molecule has 0 bridgehead atoms. The van der Waals surface area contributed by atoms with Gasteiger partial charge in [0.25, 0.3) is 0 Å². The van der Waals surface area contributed by atoms with Crippen LogP contribution in [-0.4, -0.2) is 45.9 Å². The second-order valence-electron chi connectivity index (χ2n) is 11.1.